The van der Waals surface area contributed by atoms with Crippen LogP contribution in [0.2, 0.25) is 0 Å². The SMILES string of the molecule is CCC[C@](C)(OC)C(=O)Nc1ccc(OC)nc1C. The molecule has 1 atom stereocenters. The van der Waals surface area contributed by atoms with Gasteiger partial charge in [0.25, 0.3) is 5.91 Å². The van der Waals surface area contributed by atoms with Gasteiger partial charge in [0.05, 0.1) is 18.5 Å². The molecule has 106 valence electrons. The topological polar surface area (TPSA) is 60.5 Å². The molecule has 0 aliphatic carbocycles. The lowest BCUT2D eigenvalue weighted by molar-refractivity contribution is -0.136. The molecule has 0 aromatic carbocycles. The molecule has 1 aromatic rings. The quantitative estimate of drug-likeness (QED) is 0.859. The van der Waals surface area contributed by atoms with Crippen LogP contribution in [0.3, 0.4) is 0 Å². The maximum atomic E-state index is 12.3. The summed E-state index contributed by atoms with van der Waals surface area (Å²) in [6.45, 7) is 5.63. The van der Waals surface area contributed by atoms with Crippen LogP contribution in [0, 0.1) is 6.92 Å². The second-order valence-corrected chi connectivity index (χ2v) is 4.63. The molecule has 0 saturated heterocycles. The summed E-state index contributed by atoms with van der Waals surface area (Å²) in [6.07, 6.45) is 1.54. The highest BCUT2D eigenvalue weighted by atomic mass is 16.5. The van der Waals surface area contributed by atoms with Crippen molar-refractivity contribution in [2.45, 2.75) is 39.2 Å². The third kappa shape index (κ3) is 3.67. The summed E-state index contributed by atoms with van der Waals surface area (Å²) in [5, 5.41) is 2.86. The smallest absolute Gasteiger partial charge is 0.256 e. The minimum Gasteiger partial charge on any atom is -0.481 e. The zero-order valence-corrected chi connectivity index (χ0v) is 12.2. The molecule has 0 fully saturated rings. The molecule has 0 spiro atoms. The summed E-state index contributed by atoms with van der Waals surface area (Å²) in [4.78, 5) is 16.5. The van der Waals surface area contributed by atoms with Crippen molar-refractivity contribution < 1.29 is 14.3 Å². The molecule has 1 heterocycles. The molecule has 5 heteroatoms. The zero-order valence-electron chi connectivity index (χ0n) is 12.2. The van der Waals surface area contributed by atoms with Crippen molar-refractivity contribution in [1.82, 2.24) is 4.98 Å². The first-order valence-electron chi connectivity index (χ1n) is 6.35. The lowest BCUT2D eigenvalue weighted by atomic mass is 9.99. The third-order valence-electron chi connectivity index (χ3n) is 3.18. The molecule has 5 nitrogen and oxygen atoms in total. The van der Waals surface area contributed by atoms with E-state index in [0.29, 0.717) is 23.7 Å². The lowest BCUT2D eigenvalue weighted by Crippen LogP contribution is -2.42. The van der Waals surface area contributed by atoms with E-state index < -0.39 is 5.60 Å². The molecule has 0 aliphatic heterocycles. The van der Waals surface area contributed by atoms with Gasteiger partial charge in [0.2, 0.25) is 5.88 Å². The van der Waals surface area contributed by atoms with E-state index >= 15 is 0 Å². The molecule has 0 radical (unpaired) electrons. The number of aromatic nitrogens is 1. The molecule has 0 unspecified atom stereocenters. The second-order valence-electron chi connectivity index (χ2n) is 4.63. The Morgan fingerprint density at radius 3 is 2.58 bits per heavy atom. The number of aryl methyl sites for hydroxylation is 1. The largest absolute Gasteiger partial charge is 0.481 e. The van der Waals surface area contributed by atoms with Crippen LogP contribution in [0.1, 0.15) is 32.4 Å². The molecular weight excluding hydrogens is 244 g/mol. The van der Waals surface area contributed by atoms with Crippen molar-refractivity contribution in [2.24, 2.45) is 0 Å². The molecule has 1 amide bonds. The van der Waals surface area contributed by atoms with Crippen LogP contribution in [0.4, 0.5) is 5.69 Å². The molecule has 1 rings (SSSR count). The number of carbonyl (C=O) groups excluding carboxylic acids is 1. The van der Waals surface area contributed by atoms with Crippen molar-refractivity contribution in [3.8, 4) is 5.88 Å². The Kier molecular flexibility index (Phi) is 5.30. The van der Waals surface area contributed by atoms with Crippen molar-refractivity contribution in [3.05, 3.63) is 17.8 Å². The highest BCUT2D eigenvalue weighted by Crippen LogP contribution is 2.22. The number of hydrogen-bond acceptors (Lipinski definition) is 4. The third-order valence-corrected chi connectivity index (χ3v) is 3.18. The summed E-state index contributed by atoms with van der Waals surface area (Å²) >= 11 is 0. The van der Waals surface area contributed by atoms with Crippen molar-refractivity contribution in [2.75, 3.05) is 19.5 Å². The molecule has 0 aliphatic rings. The first-order chi connectivity index (χ1) is 8.96. The maximum absolute atomic E-state index is 12.3. The van der Waals surface area contributed by atoms with Gasteiger partial charge in [-0.15, -0.1) is 0 Å². The fraction of sp³-hybridized carbons (Fsp3) is 0.571. The van der Waals surface area contributed by atoms with Gasteiger partial charge in [-0.3, -0.25) is 4.79 Å². The Bertz CT molecular complexity index is 448. The van der Waals surface area contributed by atoms with Crippen LogP contribution in [-0.2, 0) is 9.53 Å². The van der Waals surface area contributed by atoms with Gasteiger partial charge >= 0.3 is 0 Å². The standard InChI is InChI=1S/C14H22N2O3/c1-6-9-14(3,19-5)13(17)16-11-7-8-12(18-4)15-10(11)2/h7-8H,6,9H2,1-5H3,(H,16,17)/t14-/m0/s1. The van der Waals surface area contributed by atoms with Crippen molar-refractivity contribution >= 4 is 11.6 Å². The van der Waals surface area contributed by atoms with Crippen LogP contribution in [0.15, 0.2) is 12.1 Å². The van der Waals surface area contributed by atoms with Crippen LogP contribution in [0.25, 0.3) is 0 Å². The number of nitrogens with zero attached hydrogens (tertiary/aromatic N) is 1. The molecule has 0 bridgehead atoms. The fourth-order valence-electron chi connectivity index (χ4n) is 1.82. The first kappa shape index (κ1) is 15.4. The van der Waals surface area contributed by atoms with E-state index in [0.717, 1.165) is 6.42 Å². The number of anilines is 1. The predicted octanol–water partition coefficient (Wildman–Crippen LogP) is 2.54. The van der Waals surface area contributed by atoms with Gasteiger partial charge in [-0.1, -0.05) is 13.3 Å². The number of methoxy groups -OCH3 is 2. The average molecular weight is 266 g/mol. The van der Waals surface area contributed by atoms with Gasteiger partial charge in [0.1, 0.15) is 5.60 Å². The highest BCUT2D eigenvalue weighted by molar-refractivity contribution is 5.97. The highest BCUT2D eigenvalue weighted by Gasteiger charge is 2.32. The van der Waals surface area contributed by atoms with Crippen molar-refractivity contribution in [1.29, 1.82) is 0 Å². The fourth-order valence-corrected chi connectivity index (χ4v) is 1.82. The minimum absolute atomic E-state index is 0.160. The summed E-state index contributed by atoms with van der Waals surface area (Å²) < 4.78 is 10.4. The van der Waals surface area contributed by atoms with E-state index in [1.807, 2.05) is 13.8 Å². The minimum atomic E-state index is -0.818. The number of rotatable bonds is 6. The van der Waals surface area contributed by atoms with Crippen LogP contribution in [-0.4, -0.2) is 30.7 Å². The van der Waals surface area contributed by atoms with Crippen LogP contribution >= 0.6 is 0 Å². The summed E-state index contributed by atoms with van der Waals surface area (Å²) in [6, 6.07) is 3.49. The monoisotopic (exact) mass is 266 g/mol. The number of hydrogen-bond donors (Lipinski definition) is 1. The maximum Gasteiger partial charge on any atom is 0.256 e. The first-order valence-corrected chi connectivity index (χ1v) is 6.35. The Balaban J connectivity index is 2.87. The van der Waals surface area contributed by atoms with Crippen LogP contribution < -0.4 is 10.1 Å². The normalized spacial score (nSPS) is 13.7. The van der Waals surface area contributed by atoms with Crippen LogP contribution in [0.5, 0.6) is 5.88 Å². The number of carbonyl (C=O) groups is 1. The lowest BCUT2D eigenvalue weighted by Gasteiger charge is -2.26. The Labute approximate surface area is 114 Å². The van der Waals surface area contributed by atoms with Gasteiger partial charge in [-0.25, -0.2) is 4.98 Å². The second kappa shape index (κ2) is 6.52. The van der Waals surface area contributed by atoms with Gasteiger partial charge in [0, 0.05) is 13.2 Å². The van der Waals surface area contributed by atoms with E-state index in [-0.39, 0.29) is 5.91 Å². The van der Waals surface area contributed by atoms with Gasteiger partial charge in [-0.05, 0) is 26.3 Å². The summed E-state index contributed by atoms with van der Waals surface area (Å²) in [7, 11) is 3.11. The van der Waals surface area contributed by atoms with E-state index in [2.05, 4.69) is 10.3 Å². The van der Waals surface area contributed by atoms with E-state index in [4.69, 9.17) is 9.47 Å². The predicted molar refractivity (Wildman–Crippen MR) is 74.5 cm³/mol. The summed E-state index contributed by atoms with van der Waals surface area (Å²) in [5.74, 6) is 0.366. The number of ether oxygens (including phenoxy) is 2. The average Bonchev–Trinajstić information content (AvgIpc) is 2.40. The molecular formula is C14H22N2O3. The molecule has 19 heavy (non-hydrogen) atoms. The number of nitrogens with one attached hydrogen (secondary N) is 1. The molecule has 1 N–H and O–H groups in total. The number of amides is 1. The van der Waals surface area contributed by atoms with E-state index in [1.165, 1.54) is 0 Å². The Hall–Kier alpha value is -1.62. The van der Waals surface area contributed by atoms with Gasteiger partial charge < -0.3 is 14.8 Å². The summed E-state index contributed by atoms with van der Waals surface area (Å²) in [5.41, 5.74) is 0.564. The zero-order chi connectivity index (χ0) is 14.5. The Morgan fingerprint density at radius 1 is 1.42 bits per heavy atom. The molecule has 0 saturated carbocycles. The van der Waals surface area contributed by atoms with E-state index in [9.17, 15) is 4.79 Å². The molecule has 1 aromatic heterocycles. The van der Waals surface area contributed by atoms with Gasteiger partial charge in [-0.2, -0.15) is 0 Å². The Morgan fingerprint density at radius 2 is 2.11 bits per heavy atom. The number of pyridine rings is 1. The van der Waals surface area contributed by atoms with Crippen molar-refractivity contribution in [3.63, 3.8) is 0 Å². The van der Waals surface area contributed by atoms with Gasteiger partial charge in [0.15, 0.2) is 0 Å². The van der Waals surface area contributed by atoms with E-state index in [1.54, 1.807) is 33.3 Å².